The molecule has 0 unspecified atom stereocenters. The van der Waals surface area contributed by atoms with Crippen molar-refractivity contribution in [3.8, 4) is 0 Å². The van der Waals surface area contributed by atoms with E-state index in [-0.39, 0.29) is 17.8 Å². The first kappa shape index (κ1) is 18.6. The first-order chi connectivity index (χ1) is 11.8. The van der Waals surface area contributed by atoms with E-state index in [1.165, 1.54) is 12.1 Å². The van der Waals surface area contributed by atoms with Crippen LogP contribution in [0.3, 0.4) is 0 Å². The Balaban J connectivity index is 2.23. The fourth-order valence-corrected chi connectivity index (χ4v) is 2.61. The summed E-state index contributed by atoms with van der Waals surface area (Å²) < 4.78 is 13.7. The van der Waals surface area contributed by atoms with Crippen LogP contribution in [0.25, 0.3) is 0 Å². The highest BCUT2D eigenvalue weighted by Crippen LogP contribution is 2.15. The summed E-state index contributed by atoms with van der Waals surface area (Å²) in [5.74, 6) is -2.37. The largest absolute Gasteiger partial charge is 0.479 e. The quantitative estimate of drug-likeness (QED) is 0.749. The number of carboxylic acid groups (broad SMARTS) is 1. The highest BCUT2D eigenvalue weighted by molar-refractivity contribution is 5.95. The number of rotatable bonds is 6. The van der Waals surface area contributed by atoms with Crippen LogP contribution in [0.15, 0.2) is 42.5 Å². The topological polar surface area (TPSA) is 86.6 Å². The number of aliphatic hydroxyl groups is 1. The van der Waals surface area contributed by atoms with Gasteiger partial charge in [0.25, 0.3) is 5.91 Å². The van der Waals surface area contributed by atoms with Crippen LogP contribution in [-0.4, -0.2) is 34.2 Å². The molecule has 0 aliphatic carbocycles. The minimum absolute atomic E-state index is 0.152. The first-order valence-electron chi connectivity index (χ1n) is 7.82. The number of amides is 1. The minimum Gasteiger partial charge on any atom is -0.479 e. The van der Waals surface area contributed by atoms with Crippen LogP contribution in [0.5, 0.6) is 0 Å². The summed E-state index contributed by atoms with van der Waals surface area (Å²) >= 11 is 0. The lowest BCUT2D eigenvalue weighted by molar-refractivity contribution is -0.148. The molecule has 2 rings (SSSR count). The maximum absolute atomic E-state index is 13.7. The number of aryl methyl sites for hydroxylation is 2. The lowest BCUT2D eigenvalue weighted by atomic mass is 10.00. The van der Waals surface area contributed by atoms with Crippen LogP contribution < -0.4 is 5.32 Å². The van der Waals surface area contributed by atoms with Crippen LogP contribution >= 0.6 is 0 Å². The number of aliphatic carboxylic acids is 1. The normalized spacial score (nSPS) is 13.1. The number of nitrogens with one attached hydrogen (secondary N) is 1. The molecule has 5 nitrogen and oxygen atoms in total. The Labute approximate surface area is 145 Å². The maximum Gasteiger partial charge on any atom is 0.334 e. The van der Waals surface area contributed by atoms with Crippen LogP contribution in [0.1, 0.15) is 27.0 Å². The third-order valence-electron chi connectivity index (χ3n) is 3.95. The van der Waals surface area contributed by atoms with Crippen molar-refractivity contribution in [1.82, 2.24) is 5.32 Å². The summed E-state index contributed by atoms with van der Waals surface area (Å²) in [6.07, 6.45) is -1.61. The molecular weight excluding hydrogens is 325 g/mol. The van der Waals surface area contributed by atoms with Gasteiger partial charge in [0, 0.05) is 5.56 Å². The van der Waals surface area contributed by atoms with Crippen molar-refractivity contribution in [3.05, 3.63) is 70.5 Å². The lowest BCUT2D eigenvalue weighted by Crippen LogP contribution is -2.48. The summed E-state index contributed by atoms with van der Waals surface area (Å²) in [5, 5.41) is 21.6. The number of hydrogen-bond donors (Lipinski definition) is 3. The molecule has 0 radical (unpaired) electrons. The first-order valence-corrected chi connectivity index (χ1v) is 7.82. The molecule has 0 saturated heterocycles. The molecule has 0 saturated carbocycles. The van der Waals surface area contributed by atoms with Gasteiger partial charge < -0.3 is 15.5 Å². The molecule has 0 aliphatic heterocycles. The summed E-state index contributed by atoms with van der Waals surface area (Å²) in [5.41, 5.74) is 1.64. The maximum atomic E-state index is 13.7. The van der Waals surface area contributed by atoms with Gasteiger partial charge in [0.2, 0.25) is 0 Å². The van der Waals surface area contributed by atoms with Gasteiger partial charge in [0.1, 0.15) is 5.82 Å². The Morgan fingerprint density at radius 1 is 1.12 bits per heavy atom. The number of aliphatic hydroxyl groups excluding tert-OH is 1. The average Bonchev–Trinajstić information content (AvgIpc) is 2.58. The second kappa shape index (κ2) is 7.90. The van der Waals surface area contributed by atoms with Crippen molar-refractivity contribution in [1.29, 1.82) is 0 Å². The zero-order valence-electron chi connectivity index (χ0n) is 14.0. The van der Waals surface area contributed by atoms with E-state index >= 15 is 0 Å². The highest BCUT2D eigenvalue weighted by atomic mass is 19.1. The second-order valence-corrected chi connectivity index (χ2v) is 5.98. The van der Waals surface area contributed by atoms with Crippen LogP contribution in [0, 0.1) is 19.7 Å². The molecule has 2 aromatic carbocycles. The van der Waals surface area contributed by atoms with E-state index in [1.807, 2.05) is 6.07 Å². The fourth-order valence-electron chi connectivity index (χ4n) is 2.61. The van der Waals surface area contributed by atoms with E-state index in [9.17, 15) is 19.1 Å². The van der Waals surface area contributed by atoms with Gasteiger partial charge in [-0.05, 0) is 49.1 Å². The molecule has 1 amide bonds. The van der Waals surface area contributed by atoms with Gasteiger partial charge in [-0.2, -0.15) is 0 Å². The Morgan fingerprint density at radius 2 is 1.68 bits per heavy atom. The Kier molecular flexibility index (Phi) is 5.88. The molecule has 0 fully saturated rings. The average molecular weight is 345 g/mol. The van der Waals surface area contributed by atoms with Crippen molar-refractivity contribution in [2.45, 2.75) is 32.4 Å². The van der Waals surface area contributed by atoms with Crippen molar-refractivity contribution in [2.75, 3.05) is 0 Å². The van der Waals surface area contributed by atoms with Crippen LogP contribution in [-0.2, 0) is 11.2 Å². The van der Waals surface area contributed by atoms with Crippen molar-refractivity contribution in [3.63, 3.8) is 0 Å². The third kappa shape index (κ3) is 4.64. The van der Waals surface area contributed by atoms with E-state index in [4.69, 9.17) is 5.11 Å². The lowest BCUT2D eigenvalue weighted by Gasteiger charge is -2.22. The van der Waals surface area contributed by atoms with Gasteiger partial charge in [0.05, 0.1) is 6.04 Å². The molecule has 2 atom stereocenters. The van der Waals surface area contributed by atoms with Gasteiger partial charge in [-0.25, -0.2) is 9.18 Å². The van der Waals surface area contributed by atoms with Crippen molar-refractivity contribution >= 4 is 11.9 Å². The molecule has 0 heterocycles. The Morgan fingerprint density at radius 3 is 2.20 bits per heavy atom. The Hall–Kier alpha value is -2.73. The molecule has 0 aliphatic rings. The van der Waals surface area contributed by atoms with Gasteiger partial charge >= 0.3 is 5.97 Å². The zero-order valence-corrected chi connectivity index (χ0v) is 14.0. The van der Waals surface area contributed by atoms with E-state index in [2.05, 4.69) is 5.32 Å². The summed E-state index contributed by atoms with van der Waals surface area (Å²) in [4.78, 5) is 23.6. The van der Waals surface area contributed by atoms with E-state index in [0.717, 1.165) is 5.56 Å². The molecule has 2 aromatic rings. The fraction of sp³-hybridized carbons (Fsp3) is 0.263. The summed E-state index contributed by atoms with van der Waals surface area (Å²) in [7, 11) is 0. The summed E-state index contributed by atoms with van der Waals surface area (Å²) in [6.45, 7) is 3.10. The van der Waals surface area contributed by atoms with Crippen LogP contribution in [0.2, 0.25) is 0 Å². The van der Waals surface area contributed by atoms with E-state index < -0.39 is 24.0 Å². The number of benzene rings is 2. The van der Waals surface area contributed by atoms with Gasteiger partial charge in [-0.15, -0.1) is 0 Å². The van der Waals surface area contributed by atoms with Gasteiger partial charge in [-0.1, -0.05) is 30.3 Å². The van der Waals surface area contributed by atoms with Crippen molar-refractivity contribution < 1.29 is 24.2 Å². The number of hydrogen-bond acceptors (Lipinski definition) is 3. The third-order valence-corrected chi connectivity index (χ3v) is 3.95. The highest BCUT2D eigenvalue weighted by Gasteiger charge is 2.28. The molecule has 132 valence electrons. The molecule has 6 heteroatoms. The van der Waals surface area contributed by atoms with Gasteiger partial charge in [0.15, 0.2) is 6.10 Å². The predicted molar refractivity (Wildman–Crippen MR) is 90.9 cm³/mol. The standard InChI is InChI=1S/C19H20FNO4/c1-11-8-14(9-12(2)16(11)20)18(23)21-15(17(22)19(24)25)10-13-6-4-3-5-7-13/h3-9,15,17,22H,10H2,1-2H3,(H,21,23)(H,24,25)/t15-,17-/m1/s1. The number of halogens is 1. The Bertz CT molecular complexity index is 753. The van der Waals surface area contributed by atoms with E-state index in [0.29, 0.717) is 11.1 Å². The van der Waals surface area contributed by atoms with E-state index in [1.54, 1.807) is 38.1 Å². The monoisotopic (exact) mass is 345 g/mol. The number of carbonyl (C=O) groups is 2. The smallest absolute Gasteiger partial charge is 0.334 e. The zero-order chi connectivity index (χ0) is 18.6. The molecule has 0 bridgehead atoms. The number of carbonyl (C=O) groups excluding carboxylic acids is 1. The number of carboxylic acids is 1. The van der Waals surface area contributed by atoms with Gasteiger partial charge in [-0.3, -0.25) is 4.79 Å². The molecular formula is C19H20FNO4. The van der Waals surface area contributed by atoms with Crippen molar-refractivity contribution in [2.24, 2.45) is 0 Å². The molecule has 0 spiro atoms. The molecule has 0 aromatic heterocycles. The SMILES string of the molecule is Cc1cc(C(=O)N[C@H](Cc2ccccc2)[C@@H](O)C(=O)O)cc(C)c1F. The van der Waals surface area contributed by atoms with Crippen LogP contribution in [0.4, 0.5) is 4.39 Å². The summed E-state index contributed by atoms with van der Waals surface area (Å²) in [6, 6.07) is 10.7. The molecule has 3 N–H and O–H groups in total. The molecule has 25 heavy (non-hydrogen) atoms. The predicted octanol–water partition coefficient (Wildman–Crippen LogP) is 2.23. The second-order valence-electron chi connectivity index (χ2n) is 5.98. The minimum atomic E-state index is -1.76.